The van der Waals surface area contributed by atoms with E-state index in [9.17, 15) is 4.79 Å². The third kappa shape index (κ3) is 3.86. The Morgan fingerprint density at radius 3 is 2.40 bits per heavy atom. The number of nitrogens with one attached hydrogen (secondary N) is 1. The number of amides is 1. The van der Waals surface area contributed by atoms with Crippen molar-refractivity contribution in [3.63, 3.8) is 0 Å². The van der Waals surface area contributed by atoms with Crippen molar-refractivity contribution in [2.45, 2.75) is 6.42 Å². The standard InChI is InChI=1S/C20H18ClNO3/c1-24-18-12-19(25-2)17(11-16(18)21)22-20(23)10-13-7-8-14-5-3-4-6-15(14)9-13/h3-9,11-12H,10H2,1-2H3,(H,22,23). The van der Waals surface area contributed by atoms with E-state index in [2.05, 4.69) is 5.32 Å². The summed E-state index contributed by atoms with van der Waals surface area (Å²) in [4.78, 5) is 12.4. The van der Waals surface area contributed by atoms with E-state index in [1.807, 2.05) is 42.5 Å². The van der Waals surface area contributed by atoms with E-state index in [0.29, 0.717) is 22.2 Å². The van der Waals surface area contributed by atoms with Crippen LogP contribution >= 0.6 is 11.6 Å². The molecule has 0 bridgehead atoms. The van der Waals surface area contributed by atoms with Gasteiger partial charge in [0.2, 0.25) is 5.91 Å². The van der Waals surface area contributed by atoms with E-state index in [0.717, 1.165) is 16.3 Å². The zero-order valence-electron chi connectivity index (χ0n) is 14.0. The number of carbonyl (C=O) groups is 1. The first kappa shape index (κ1) is 17.1. The topological polar surface area (TPSA) is 47.6 Å². The first-order chi connectivity index (χ1) is 12.1. The molecule has 0 aliphatic heterocycles. The van der Waals surface area contributed by atoms with Gasteiger partial charge in [-0.3, -0.25) is 4.79 Å². The number of ether oxygens (including phenoxy) is 2. The minimum atomic E-state index is -0.144. The van der Waals surface area contributed by atoms with Gasteiger partial charge < -0.3 is 14.8 Å². The highest BCUT2D eigenvalue weighted by Gasteiger charge is 2.13. The summed E-state index contributed by atoms with van der Waals surface area (Å²) < 4.78 is 10.5. The van der Waals surface area contributed by atoms with E-state index >= 15 is 0 Å². The molecule has 5 heteroatoms. The van der Waals surface area contributed by atoms with Crippen LogP contribution in [-0.2, 0) is 11.2 Å². The molecule has 0 fully saturated rings. The number of anilines is 1. The molecule has 1 amide bonds. The average molecular weight is 356 g/mol. The van der Waals surface area contributed by atoms with Gasteiger partial charge in [-0.05, 0) is 22.4 Å². The van der Waals surface area contributed by atoms with Gasteiger partial charge in [-0.15, -0.1) is 0 Å². The van der Waals surface area contributed by atoms with Gasteiger partial charge in [-0.2, -0.15) is 0 Å². The van der Waals surface area contributed by atoms with Gasteiger partial charge in [-0.1, -0.05) is 54.1 Å². The molecule has 0 aliphatic carbocycles. The van der Waals surface area contributed by atoms with E-state index in [4.69, 9.17) is 21.1 Å². The second-order valence-corrected chi connectivity index (χ2v) is 6.00. The molecule has 0 saturated carbocycles. The Balaban J connectivity index is 1.78. The summed E-state index contributed by atoms with van der Waals surface area (Å²) in [6, 6.07) is 17.3. The number of hydrogen-bond donors (Lipinski definition) is 1. The number of methoxy groups -OCH3 is 2. The highest BCUT2D eigenvalue weighted by molar-refractivity contribution is 6.32. The molecule has 3 aromatic carbocycles. The molecule has 25 heavy (non-hydrogen) atoms. The largest absolute Gasteiger partial charge is 0.495 e. The molecule has 1 N–H and O–H groups in total. The minimum absolute atomic E-state index is 0.144. The molecule has 128 valence electrons. The van der Waals surface area contributed by atoms with Crippen molar-refractivity contribution in [1.29, 1.82) is 0 Å². The number of benzene rings is 3. The fraction of sp³-hybridized carbons (Fsp3) is 0.150. The molecule has 4 nitrogen and oxygen atoms in total. The normalized spacial score (nSPS) is 10.5. The first-order valence-corrected chi connectivity index (χ1v) is 8.17. The van der Waals surface area contributed by atoms with Crippen molar-refractivity contribution in [1.82, 2.24) is 0 Å². The number of rotatable bonds is 5. The maximum Gasteiger partial charge on any atom is 0.228 e. The molecule has 0 atom stereocenters. The van der Waals surface area contributed by atoms with Gasteiger partial charge in [0.15, 0.2) is 0 Å². The Morgan fingerprint density at radius 1 is 0.960 bits per heavy atom. The van der Waals surface area contributed by atoms with Crippen LogP contribution in [0.15, 0.2) is 54.6 Å². The summed E-state index contributed by atoms with van der Waals surface area (Å²) in [6.45, 7) is 0. The molecule has 0 spiro atoms. The second-order valence-electron chi connectivity index (χ2n) is 5.59. The predicted octanol–water partition coefficient (Wildman–Crippen LogP) is 4.69. The van der Waals surface area contributed by atoms with Crippen LogP contribution in [0.5, 0.6) is 11.5 Å². The third-order valence-corrected chi connectivity index (χ3v) is 4.22. The summed E-state index contributed by atoms with van der Waals surface area (Å²) in [6.07, 6.45) is 0.262. The molecule has 0 aromatic heterocycles. The summed E-state index contributed by atoms with van der Waals surface area (Å²) in [7, 11) is 3.06. The fourth-order valence-electron chi connectivity index (χ4n) is 2.69. The van der Waals surface area contributed by atoms with Crippen molar-refractivity contribution >= 4 is 34.0 Å². The Hall–Kier alpha value is -2.72. The van der Waals surface area contributed by atoms with Crippen LogP contribution in [0.4, 0.5) is 5.69 Å². The third-order valence-electron chi connectivity index (χ3n) is 3.93. The fourth-order valence-corrected chi connectivity index (χ4v) is 2.93. The van der Waals surface area contributed by atoms with Crippen molar-refractivity contribution in [3.8, 4) is 11.5 Å². The molecule has 0 radical (unpaired) electrons. The van der Waals surface area contributed by atoms with E-state index in [-0.39, 0.29) is 12.3 Å². The highest BCUT2D eigenvalue weighted by Crippen LogP contribution is 2.35. The Kier molecular flexibility index (Phi) is 5.10. The van der Waals surface area contributed by atoms with Crippen LogP contribution in [0.25, 0.3) is 10.8 Å². The van der Waals surface area contributed by atoms with Crippen LogP contribution in [0.1, 0.15) is 5.56 Å². The minimum Gasteiger partial charge on any atom is -0.495 e. The van der Waals surface area contributed by atoms with E-state index in [1.54, 1.807) is 12.1 Å². The Bertz CT molecular complexity index is 924. The Morgan fingerprint density at radius 2 is 1.68 bits per heavy atom. The van der Waals surface area contributed by atoms with Gasteiger partial charge in [0.1, 0.15) is 11.5 Å². The molecule has 0 heterocycles. The quantitative estimate of drug-likeness (QED) is 0.722. The molecule has 3 rings (SSSR count). The summed E-state index contributed by atoms with van der Waals surface area (Å²) in [5.41, 5.74) is 1.45. The zero-order valence-corrected chi connectivity index (χ0v) is 14.8. The van der Waals surface area contributed by atoms with Crippen LogP contribution in [-0.4, -0.2) is 20.1 Å². The number of carbonyl (C=O) groups excluding carboxylic acids is 1. The predicted molar refractivity (Wildman–Crippen MR) is 101 cm³/mol. The SMILES string of the molecule is COc1cc(OC)c(NC(=O)Cc2ccc3ccccc3c2)cc1Cl. The lowest BCUT2D eigenvalue weighted by Gasteiger charge is -2.13. The molecular weight excluding hydrogens is 338 g/mol. The second kappa shape index (κ2) is 7.45. The van der Waals surface area contributed by atoms with Gasteiger partial charge in [0, 0.05) is 6.07 Å². The molecule has 0 saturated heterocycles. The molecule has 0 aliphatic rings. The van der Waals surface area contributed by atoms with Gasteiger partial charge in [0.05, 0.1) is 31.4 Å². The molecule has 3 aromatic rings. The van der Waals surface area contributed by atoms with Crippen molar-refractivity contribution < 1.29 is 14.3 Å². The number of halogens is 1. The van der Waals surface area contributed by atoms with Crippen LogP contribution in [0.3, 0.4) is 0 Å². The summed E-state index contributed by atoms with van der Waals surface area (Å²) in [5, 5.41) is 5.51. The lowest BCUT2D eigenvalue weighted by atomic mass is 10.0. The maximum atomic E-state index is 12.4. The van der Waals surface area contributed by atoms with Crippen LogP contribution < -0.4 is 14.8 Å². The monoisotopic (exact) mass is 355 g/mol. The van der Waals surface area contributed by atoms with Crippen molar-refractivity contribution in [2.75, 3.05) is 19.5 Å². The van der Waals surface area contributed by atoms with E-state index in [1.165, 1.54) is 14.2 Å². The number of fused-ring (bicyclic) bond motifs is 1. The zero-order chi connectivity index (χ0) is 17.8. The average Bonchev–Trinajstić information content (AvgIpc) is 2.62. The molecular formula is C20H18ClNO3. The van der Waals surface area contributed by atoms with Crippen molar-refractivity contribution in [3.05, 3.63) is 65.2 Å². The lowest BCUT2D eigenvalue weighted by molar-refractivity contribution is -0.115. The summed E-state index contributed by atoms with van der Waals surface area (Å²) >= 11 is 6.14. The number of hydrogen-bond acceptors (Lipinski definition) is 3. The molecule has 0 unspecified atom stereocenters. The smallest absolute Gasteiger partial charge is 0.228 e. The highest BCUT2D eigenvalue weighted by atomic mass is 35.5. The van der Waals surface area contributed by atoms with E-state index < -0.39 is 0 Å². The van der Waals surface area contributed by atoms with Gasteiger partial charge in [0.25, 0.3) is 0 Å². The van der Waals surface area contributed by atoms with Crippen LogP contribution in [0, 0.1) is 0 Å². The van der Waals surface area contributed by atoms with Crippen LogP contribution in [0.2, 0.25) is 5.02 Å². The maximum absolute atomic E-state index is 12.4. The summed E-state index contributed by atoms with van der Waals surface area (Å²) in [5.74, 6) is 0.842. The van der Waals surface area contributed by atoms with Gasteiger partial charge in [-0.25, -0.2) is 0 Å². The Labute approximate surface area is 151 Å². The van der Waals surface area contributed by atoms with Crippen molar-refractivity contribution in [2.24, 2.45) is 0 Å². The lowest BCUT2D eigenvalue weighted by Crippen LogP contribution is -2.15. The first-order valence-electron chi connectivity index (χ1n) is 7.80. The van der Waals surface area contributed by atoms with Gasteiger partial charge >= 0.3 is 0 Å².